The number of carbonyl (C=O) groups is 2. The zero-order valence-corrected chi connectivity index (χ0v) is 11.6. The molecule has 20 heavy (non-hydrogen) atoms. The average molecular weight is 307 g/mol. The van der Waals surface area contributed by atoms with Gasteiger partial charge in [-0.25, -0.2) is 0 Å². The third-order valence-corrected chi connectivity index (χ3v) is 3.68. The molecule has 100 valence electrons. The standard InChI is InChI=1S/C14H8Cl2N2O2/c15-10-5-9-6-11(16)12(10)18(9)14(20)8-3-1-7(2-4-8)13(17)19/h1-6H,(H2,17,19). The number of nitrogens with two attached hydrogens (primary N) is 1. The van der Waals surface area contributed by atoms with Gasteiger partial charge in [0.05, 0.1) is 21.1 Å². The van der Waals surface area contributed by atoms with E-state index >= 15 is 0 Å². The molecule has 0 saturated carbocycles. The van der Waals surface area contributed by atoms with Gasteiger partial charge in [0, 0.05) is 11.1 Å². The molecule has 0 unspecified atom stereocenters. The fourth-order valence-corrected chi connectivity index (χ4v) is 2.79. The predicted octanol–water partition coefficient (Wildman–Crippen LogP) is 3.17. The van der Waals surface area contributed by atoms with Crippen molar-refractivity contribution in [3.63, 3.8) is 0 Å². The Bertz CT molecular complexity index is 795. The van der Waals surface area contributed by atoms with Crippen LogP contribution in [0.3, 0.4) is 0 Å². The molecule has 2 aromatic heterocycles. The van der Waals surface area contributed by atoms with Crippen LogP contribution < -0.4 is 5.73 Å². The van der Waals surface area contributed by atoms with E-state index in [4.69, 9.17) is 28.9 Å². The number of aromatic nitrogens is 1. The van der Waals surface area contributed by atoms with Crippen LogP contribution in [-0.2, 0) is 0 Å². The third kappa shape index (κ3) is 1.85. The van der Waals surface area contributed by atoms with Crippen molar-refractivity contribution in [2.24, 2.45) is 5.73 Å². The van der Waals surface area contributed by atoms with Gasteiger partial charge in [0.1, 0.15) is 0 Å². The highest BCUT2D eigenvalue weighted by atomic mass is 35.5. The van der Waals surface area contributed by atoms with Gasteiger partial charge in [0.15, 0.2) is 0 Å². The number of fused-ring (bicyclic) bond motifs is 2. The summed E-state index contributed by atoms with van der Waals surface area (Å²) in [5.74, 6) is -0.798. The highest BCUT2D eigenvalue weighted by Gasteiger charge is 2.20. The molecule has 0 aliphatic carbocycles. The normalized spacial score (nSPS) is 11.1. The number of amides is 1. The molecule has 1 amide bonds. The van der Waals surface area contributed by atoms with Crippen molar-refractivity contribution in [3.05, 3.63) is 57.6 Å². The molecule has 0 spiro atoms. The molecule has 0 radical (unpaired) electrons. The largest absolute Gasteiger partial charge is 0.366 e. The highest BCUT2D eigenvalue weighted by molar-refractivity contribution is 6.42. The first-order chi connectivity index (χ1) is 9.49. The molecule has 6 heteroatoms. The number of halogens is 2. The summed E-state index contributed by atoms with van der Waals surface area (Å²) in [6.07, 6.45) is 0. The first-order valence-electron chi connectivity index (χ1n) is 5.72. The fourth-order valence-electron chi connectivity index (χ4n) is 2.15. The Morgan fingerprint density at radius 3 is 1.90 bits per heavy atom. The Balaban J connectivity index is 2.06. The van der Waals surface area contributed by atoms with E-state index in [9.17, 15) is 9.59 Å². The Kier molecular flexibility index (Phi) is 2.92. The molecule has 0 aliphatic rings. The molecule has 0 saturated heterocycles. The lowest BCUT2D eigenvalue weighted by Crippen LogP contribution is -2.13. The van der Waals surface area contributed by atoms with E-state index in [0.29, 0.717) is 32.2 Å². The molecular formula is C14H8Cl2N2O2. The van der Waals surface area contributed by atoms with E-state index in [1.807, 2.05) is 0 Å². The van der Waals surface area contributed by atoms with Crippen LogP contribution in [0.25, 0.3) is 11.0 Å². The van der Waals surface area contributed by atoms with Crippen molar-refractivity contribution >= 4 is 46.0 Å². The number of carbonyl (C=O) groups excluding carboxylic acids is 2. The van der Waals surface area contributed by atoms with Crippen molar-refractivity contribution in [1.29, 1.82) is 0 Å². The second-order valence-corrected chi connectivity index (χ2v) is 5.15. The summed E-state index contributed by atoms with van der Waals surface area (Å²) in [4.78, 5) is 23.5. The van der Waals surface area contributed by atoms with Gasteiger partial charge in [-0.3, -0.25) is 14.2 Å². The average Bonchev–Trinajstić information content (AvgIpc) is 2.90. The molecule has 2 N–H and O–H groups in total. The summed E-state index contributed by atoms with van der Waals surface area (Å²) in [6, 6.07) is 9.46. The molecule has 2 bridgehead atoms. The molecule has 2 heterocycles. The Labute approximate surface area is 124 Å². The second kappa shape index (κ2) is 4.51. The first-order valence-corrected chi connectivity index (χ1v) is 6.48. The Morgan fingerprint density at radius 2 is 1.45 bits per heavy atom. The van der Waals surface area contributed by atoms with E-state index < -0.39 is 5.91 Å². The molecule has 0 fully saturated rings. The van der Waals surface area contributed by atoms with Crippen LogP contribution in [0.1, 0.15) is 20.7 Å². The molecule has 3 rings (SSSR count). The van der Waals surface area contributed by atoms with Gasteiger partial charge < -0.3 is 5.73 Å². The van der Waals surface area contributed by atoms with Gasteiger partial charge in [0.2, 0.25) is 5.91 Å². The first kappa shape index (κ1) is 13.0. The molecule has 0 atom stereocenters. The number of benzene rings is 2. The zero-order chi connectivity index (χ0) is 14.4. The quantitative estimate of drug-likeness (QED) is 0.790. The van der Waals surface area contributed by atoms with Crippen LogP contribution in [0.4, 0.5) is 0 Å². The number of hydrogen-bond acceptors (Lipinski definition) is 2. The minimum atomic E-state index is -0.539. The predicted molar refractivity (Wildman–Crippen MR) is 77.8 cm³/mol. The van der Waals surface area contributed by atoms with Crippen LogP contribution in [0.2, 0.25) is 10.0 Å². The fraction of sp³-hybridized carbons (Fsp3) is 0. The van der Waals surface area contributed by atoms with Gasteiger partial charge >= 0.3 is 0 Å². The van der Waals surface area contributed by atoms with Crippen molar-refractivity contribution in [2.45, 2.75) is 0 Å². The summed E-state index contributed by atoms with van der Waals surface area (Å²) < 4.78 is 1.45. The van der Waals surface area contributed by atoms with E-state index in [-0.39, 0.29) is 5.91 Å². The lowest BCUT2D eigenvalue weighted by molar-refractivity contribution is 0.0965. The molecular weight excluding hydrogens is 299 g/mol. The lowest BCUT2D eigenvalue weighted by Gasteiger charge is -2.04. The monoisotopic (exact) mass is 306 g/mol. The number of hydrogen-bond donors (Lipinski definition) is 1. The van der Waals surface area contributed by atoms with Gasteiger partial charge in [-0.15, -0.1) is 0 Å². The highest BCUT2D eigenvalue weighted by Crippen LogP contribution is 2.35. The number of primary amides is 1. The minimum absolute atomic E-state index is 0.259. The Hall–Kier alpha value is -2.04. The maximum absolute atomic E-state index is 12.5. The lowest BCUT2D eigenvalue weighted by atomic mass is 10.1. The second-order valence-electron chi connectivity index (χ2n) is 4.34. The van der Waals surface area contributed by atoms with Crippen molar-refractivity contribution in [2.75, 3.05) is 0 Å². The van der Waals surface area contributed by atoms with Gasteiger partial charge in [-0.2, -0.15) is 0 Å². The number of nitrogens with zero attached hydrogens (tertiary/aromatic N) is 1. The summed E-state index contributed by atoms with van der Waals surface area (Å²) in [7, 11) is 0. The van der Waals surface area contributed by atoms with Crippen LogP contribution in [0, 0.1) is 0 Å². The van der Waals surface area contributed by atoms with Crippen molar-refractivity contribution in [1.82, 2.24) is 4.57 Å². The van der Waals surface area contributed by atoms with Crippen LogP contribution >= 0.6 is 23.2 Å². The van der Waals surface area contributed by atoms with Gasteiger partial charge in [-0.05, 0) is 36.4 Å². The minimum Gasteiger partial charge on any atom is -0.366 e. The van der Waals surface area contributed by atoms with Crippen molar-refractivity contribution < 1.29 is 9.59 Å². The number of rotatable bonds is 2. The van der Waals surface area contributed by atoms with Gasteiger partial charge in [0.25, 0.3) is 5.91 Å². The SMILES string of the molecule is NC(=O)c1ccc(C(=O)n2c3cc(Cl)c2c(Cl)c3)cc1. The topological polar surface area (TPSA) is 65.1 Å². The van der Waals surface area contributed by atoms with Crippen molar-refractivity contribution in [3.8, 4) is 0 Å². The van der Waals surface area contributed by atoms with E-state index in [1.165, 1.54) is 16.7 Å². The summed E-state index contributed by atoms with van der Waals surface area (Å²) in [5, 5.41) is 0.879. The third-order valence-electron chi connectivity index (χ3n) is 3.10. The summed E-state index contributed by atoms with van der Waals surface area (Å²) >= 11 is 12.0. The van der Waals surface area contributed by atoms with E-state index in [2.05, 4.69) is 0 Å². The zero-order valence-electron chi connectivity index (χ0n) is 10.1. The molecule has 4 nitrogen and oxygen atoms in total. The van der Waals surface area contributed by atoms with E-state index in [0.717, 1.165) is 0 Å². The molecule has 0 aliphatic heterocycles. The van der Waals surface area contributed by atoms with Gasteiger partial charge in [-0.1, -0.05) is 23.2 Å². The van der Waals surface area contributed by atoms with Crippen LogP contribution in [-0.4, -0.2) is 16.4 Å². The van der Waals surface area contributed by atoms with Crippen LogP contribution in [0.15, 0.2) is 36.4 Å². The Morgan fingerprint density at radius 1 is 0.950 bits per heavy atom. The summed E-state index contributed by atoms with van der Waals surface area (Å²) in [6.45, 7) is 0. The smallest absolute Gasteiger partial charge is 0.262 e. The summed E-state index contributed by atoms with van der Waals surface area (Å²) in [5.41, 5.74) is 7.06. The maximum Gasteiger partial charge on any atom is 0.262 e. The maximum atomic E-state index is 12.5. The molecule has 3 aromatic rings. The molecule has 1 aromatic carbocycles. The van der Waals surface area contributed by atoms with Crippen LogP contribution in [0.5, 0.6) is 0 Å². The van der Waals surface area contributed by atoms with E-state index in [1.54, 1.807) is 24.3 Å².